The minimum absolute atomic E-state index is 0.782. The van der Waals surface area contributed by atoms with Crippen molar-refractivity contribution < 1.29 is 0 Å². The Hall–Kier alpha value is -2.20. The summed E-state index contributed by atoms with van der Waals surface area (Å²) in [6.45, 7) is 1.98. The highest BCUT2D eigenvalue weighted by atomic mass is 15.0. The van der Waals surface area contributed by atoms with Gasteiger partial charge in [-0.1, -0.05) is 18.2 Å². The molecule has 0 saturated carbocycles. The molecule has 0 spiro atoms. The Balaban J connectivity index is 1.92. The molecule has 2 N–H and O–H groups in total. The van der Waals surface area contributed by atoms with E-state index in [2.05, 4.69) is 38.5 Å². The molecule has 19 heavy (non-hydrogen) atoms. The quantitative estimate of drug-likeness (QED) is 0.696. The van der Waals surface area contributed by atoms with Gasteiger partial charge in [0.25, 0.3) is 0 Å². The lowest BCUT2D eigenvalue weighted by atomic mass is 9.95. The Morgan fingerprint density at radius 2 is 2.11 bits per heavy atom. The highest BCUT2D eigenvalue weighted by molar-refractivity contribution is 5.77. The van der Waals surface area contributed by atoms with Gasteiger partial charge in [-0.15, -0.1) is 0 Å². The number of nitrogens with zero attached hydrogens (tertiary/aromatic N) is 2. The van der Waals surface area contributed by atoms with E-state index in [0.717, 1.165) is 36.5 Å². The predicted octanol–water partition coefficient (Wildman–Crippen LogP) is 2.27. The molecule has 0 saturated heterocycles. The Morgan fingerprint density at radius 3 is 3.05 bits per heavy atom. The van der Waals surface area contributed by atoms with E-state index >= 15 is 0 Å². The fourth-order valence-corrected chi connectivity index (χ4v) is 2.73. The lowest BCUT2D eigenvalue weighted by Gasteiger charge is -2.19. The number of fused-ring (bicyclic) bond motifs is 2. The van der Waals surface area contributed by atoms with Crippen LogP contribution in [0.2, 0.25) is 0 Å². The monoisotopic (exact) mass is 250 g/mol. The van der Waals surface area contributed by atoms with Gasteiger partial charge in [0.1, 0.15) is 5.82 Å². The van der Waals surface area contributed by atoms with Gasteiger partial charge in [-0.2, -0.15) is 0 Å². The molecule has 0 bridgehead atoms. The first-order valence-corrected chi connectivity index (χ1v) is 6.54. The molecule has 3 aromatic rings. The summed E-state index contributed by atoms with van der Waals surface area (Å²) in [5, 5.41) is 3.40. The lowest BCUT2D eigenvalue weighted by molar-refractivity contribution is 0.644. The normalized spacial score (nSPS) is 14.5. The molecule has 0 atom stereocenters. The summed E-state index contributed by atoms with van der Waals surface area (Å²) in [6, 6.07) is 10.4. The van der Waals surface area contributed by atoms with E-state index in [9.17, 15) is 0 Å². The highest BCUT2D eigenvalue weighted by Gasteiger charge is 2.15. The van der Waals surface area contributed by atoms with E-state index in [1.165, 1.54) is 16.7 Å². The van der Waals surface area contributed by atoms with Crippen molar-refractivity contribution in [3.05, 3.63) is 47.7 Å². The largest absolute Gasteiger partial charge is 0.337 e. The fraction of sp³-hybridized carbons (Fsp3) is 0.200. The predicted molar refractivity (Wildman–Crippen MR) is 74.7 cm³/mol. The third-order valence-corrected chi connectivity index (χ3v) is 3.65. The first-order valence-electron chi connectivity index (χ1n) is 6.54. The number of aromatic amines is 1. The molecule has 0 unspecified atom stereocenters. The molecular weight excluding hydrogens is 236 g/mol. The number of hydrogen-bond donors (Lipinski definition) is 2. The van der Waals surface area contributed by atoms with Crippen LogP contribution in [-0.4, -0.2) is 21.5 Å². The summed E-state index contributed by atoms with van der Waals surface area (Å²) >= 11 is 0. The molecule has 1 aliphatic heterocycles. The van der Waals surface area contributed by atoms with Crippen molar-refractivity contribution in [2.45, 2.75) is 13.0 Å². The summed E-state index contributed by atoms with van der Waals surface area (Å²) in [7, 11) is 0. The number of pyridine rings is 1. The number of imidazole rings is 1. The van der Waals surface area contributed by atoms with Gasteiger partial charge in [-0.05, 0) is 36.2 Å². The van der Waals surface area contributed by atoms with Crippen LogP contribution in [0.5, 0.6) is 0 Å². The van der Waals surface area contributed by atoms with Gasteiger partial charge in [0, 0.05) is 18.3 Å². The first kappa shape index (κ1) is 10.7. The van der Waals surface area contributed by atoms with Crippen LogP contribution in [0.25, 0.3) is 22.6 Å². The molecule has 94 valence electrons. The summed E-state index contributed by atoms with van der Waals surface area (Å²) < 4.78 is 0. The van der Waals surface area contributed by atoms with Crippen LogP contribution in [0, 0.1) is 0 Å². The van der Waals surface area contributed by atoms with Crippen molar-refractivity contribution in [2.24, 2.45) is 0 Å². The second-order valence-electron chi connectivity index (χ2n) is 4.83. The third kappa shape index (κ3) is 1.72. The van der Waals surface area contributed by atoms with E-state index < -0.39 is 0 Å². The molecule has 4 heteroatoms. The van der Waals surface area contributed by atoms with Crippen LogP contribution in [-0.2, 0) is 13.0 Å². The average molecular weight is 250 g/mol. The molecule has 4 nitrogen and oxygen atoms in total. The van der Waals surface area contributed by atoms with E-state index in [0.29, 0.717) is 0 Å². The maximum absolute atomic E-state index is 4.60. The Morgan fingerprint density at radius 1 is 1.11 bits per heavy atom. The molecule has 0 amide bonds. The van der Waals surface area contributed by atoms with Gasteiger partial charge < -0.3 is 10.3 Å². The van der Waals surface area contributed by atoms with Gasteiger partial charge in [-0.25, -0.2) is 9.97 Å². The molecule has 4 rings (SSSR count). The number of hydrogen-bond acceptors (Lipinski definition) is 3. The number of H-pyrrole nitrogens is 1. The molecule has 0 fully saturated rings. The van der Waals surface area contributed by atoms with Crippen molar-refractivity contribution in [3.8, 4) is 11.4 Å². The summed E-state index contributed by atoms with van der Waals surface area (Å²) in [4.78, 5) is 12.3. The van der Waals surface area contributed by atoms with Gasteiger partial charge in [-0.3, -0.25) is 0 Å². The highest BCUT2D eigenvalue weighted by Crippen LogP contribution is 2.27. The molecule has 0 aliphatic carbocycles. The van der Waals surface area contributed by atoms with Gasteiger partial charge in [0.15, 0.2) is 5.65 Å². The van der Waals surface area contributed by atoms with E-state index in [1.54, 1.807) is 6.20 Å². The summed E-state index contributed by atoms with van der Waals surface area (Å²) in [6.07, 6.45) is 2.83. The lowest BCUT2D eigenvalue weighted by Crippen LogP contribution is -2.24. The zero-order chi connectivity index (χ0) is 12.7. The van der Waals surface area contributed by atoms with E-state index in [1.807, 2.05) is 12.1 Å². The van der Waals surface area contributed by atoms with E-state index in [4.69, 9.17) is 0 Å². The van der Waals surface area contributed by atoms with Crippen LogP contribution < -0.4 is 5.32 Å². The van der Waals surface area contributed by atoms with Crippen molar-refractivity contribution >= 4 is 11.2 Å². The zero-order valence-electron chi connectivity index (χ0n) is 10.5. The topological polar surface area (TPSA) is 53.6 Å². The van der Waals surface area contributed by atoms with Crippen LogP contribution in [0.3, 0.4) is 0 Å². The van der Waals surface area contributed by atoms with Gasteiger partial charge >= 0.3 is 0 Å². The smallest absolute Gasteiger partial charge is 0.178 e. The number of benzene rings is 1. The molecule has 3 heterocycles. The molecule has 1 aliphatic rings. The molecule has 2 aromatic heterocycles. The SMILES string of the molecule is c1cc2c(c(-c3nc4ncccc4[nH]3)c1)CCNC2. The van der Waals surface area contributed by atoms with Gasteiger partial charge in [0.2, 0.25) is 0 Å². The number of rotatable bonds is 1. The van der Waals surface area contributed by atoms with E-state index in [-0.39, 0.29) is 0 Å². The second kappa shape index (κ2) is 4.17. The first-order chi connectivity index (χ1) is 9.42. The van der Waals surface area contributed by atoms with Crippen LogP contribution in [0.1, 0.15) is 11.1 Å². The maximum atomic E-state index is 4.60. The Labute approximate surface area is 110 Å². The fourth-order valence-electron chi connectivity index (χ4n) is 2.73. The minimum Gasteiger partial charge on any atom is -0.337 e. The van der Waals surface area contributed by atoms with Crippen LogP contribution >= 0.6 is 0 Å². The van der Waals surface area contributed by atoms with Crippen LogP contribution in [0.4, 0.5) is 0 Å². The maximum Gasteiger partial charge on any atom is 0.178 e. The third-order valence-electron chi connectivity index (χ3n) is 3.65. The van der Waals surface area contributed by atoms with Crippen molar-refractivity contribution in [1.29, 1.82) is 0 Å². The van der Waals surface area contributed by atoms with Crippen LogP contribution in [0.15, 0.2) is 36.5 Å². The average Bonchev–Trinajstić information content (AvgIpc) is 2.90. The molecular formula is C15H14N4. The Kier molecular flexibility index (Phi) is 2.35. The molecule has 1 aromatic carbocycles. The second-order valence-corrected chi connectivity index (χ2v) is 4.83. The zero-order valence-corrected chi connectivity index (χ0v) is 10.5. The standard InChI is InChI=1S/C15H14N4/c1-3-10-9-16-8-6-11(10)12(4-1)14-18-13-5-2-7-17-15(13)19-14/h1-5,7,16H,6,8-9H2,(H,17,18,19). The van der Waals surface area contributed by atoms with Crippen molar-refractivity contribution in [2.75, 3.05) is 6.54 Å². The van der Waals surface area contributed by atoms with Crippen molar-refractivity contribution in [3.63, 3.8) is 0 Å². The Bertz CT molecular complexity index is 712. The minimum atomic E-state index is 0.782. The number of aromatic nitrogens is 3. The summed E-state index contributed by atoms with van der Waals surface area (Å²) in [5.41, 5.74) is 5.75. The summed E-state index contributed by atoms with van der Waals surface area (Å²) in [5.74, 6) is 0.924. The molecule has 0 radical (unpaired) electrons. The van der Waals surface area contributed by atoms with Crippen molar-refractivity contribution in [1.82, 2.24) is 20.3 Å². The number of nitrogens with one attached hydrogen (secondary N) is 2. The van der Waals surface area contributed by atoms with Gasteiger partial charge in [0.05, 0.1) is 5.52 Å².